The molecule has 0 unspecified atom stereocenters. The Bertz CT molecular complexity index is 957. The van der Waals surface area contributed by atoms with Gasteiger partial charge < -0.3 is 18.9 Å². The predicted molar refractivity (Wildman–Crippen MR) is 104 cm³/mol. The third-order valence-electron chi connectivity index (χ3n) is 4.18. The van der Waals surface area contributed by atoms with Crippen molar-refractivity contribution < 1.29 is 27.2 Å². The first-order chi connectivity index (χ1) is 13.5. The molecule has 2 heterocycles. The average Bonchev–Trinajstić information content (AvgIpc) is 3.03. The summed E-state index contributed by atoms with van der Waals surface area (Å²) in [7, 11) is -3.25. The summed E-state index contributed by atoms with van der Waals surface area (Å²) in [6, 6.07) is 6.30. The minimum absolute atomic E-state index is 0.0338. The lowest BCUT2D eigenvalue weighted by molar-refractivity contribution is -0.0630. The van der Waals surface area contributed by atoms with Crippen molar-refractivity contribution in [3.63, 3.8) is 0 Å². The number of benzene rings is 1. The minimum atomic E-state index is -3.25. The Balaban J connectivity index is 1.43. The van der Waals surface area contributed by atoms with Gasteiger partial charge in [0.2, 0.25) is 11.7 Å². The first kappa shape index (κ1) is 21.3. The topological polar surface area (TPSA) is 112 Å². The van der Waals surface area contributed by atoms with Gasteiger partial charge in [-0.15, -0.1) is 0 Å². The van der Waals surface area contributed by atoms with E-state index in [0.717, 1.165) is 6.26 Å². The number of nitrogens with zero attached hydrogens (tertiary/aromatic N) is 3. The Morgan fingerprint density at radius 2 is 1.90 bits per heavy atom. The molecule has 0 radical (unpaired) electrons. The van der Waals surface area contributed by atoms with Crippen LogP contribution in [0.4, 0.5) is 4.79 Å². The molecule has 2 aromatic rings. The average molecular weight is 423 g/mol. The lowest BCUT2D eigenvalue weighted by Gasteiger charge is -2.39. The molecule has 0 N–H and O–H groups in total. The molecule has 1 fully saturated rings. The van der Waals surface area contributed by atoms with E-state index in [1.54, 1.807) is 17.0 Å². The molecule has 0 spiro atoms. The van der Waals surface area contributed by atoms with Crippen molar-refractivity contribution in [3.05, 3.63) is 30.2 Å². The molecule has 1 amide bonds. The van der Waals surface area contributed by atoms with Crippen molar-refractivity contribution in [2.24, 2.45) is 0 Å². The van der Waals surface area contributed by atoms with E-state index >= 15 is 0 Å². The molecule has 1 aromatic carbocycles. The third kappa shape index (κ3) is 5.77. The van der Waals surface area contributed by atoms with E-state index in [-0.39, 0.29) is 17.1 Å². The number of rotatable bonds is 6. The van der Waals surface area contributed by atoms with Gasteiger partial charge in [-0.3, -0.25) is 0 Å². The smallest absolute Gasteiger partial charge is 0.410 e. The van der Waals surface area contributed by atoms with Crippen LogP contribution in [-0.4, -0.2) is 67.2 Å². The number of likely N-dealkylation sites (tertiary alicyclic amines) is 1. The Hall–Kier alpha value is -2.46. The fraction of sp³-hybridized carbons (Fsp3) is 0.526. The zero-order chi connectivity index (χ0) is 21.2. The van der Waals surface area contributed by atoms with Gasteiger partial charge in [0.25, 0.3) is 0 Å². The van der Waals surface area contributed by atoms with Gasteiger partial charge in [-0.2, -0.15) is 4.98 Å². The molecule has 0 saturated carbocycles. The summed E-state index contributed by atoms with van der Waals surface area (Å²) in [6.45, 7) is 6.88. The van der Waals surface area contributed by atoms with Crippen molar-refractivity contribution in [2.45, 2.75) is 43.8 Å². The van der Waals surface area contributed by atoms with Gasteiger partial charge in [-0.25, -0.2) is 13.2 Å². The normalized spacial score (nSPS) is 15.2. The molecule has 3 rings (SSSR count). The fourth-order valence-electron chi connectivity index (χ4n) is 2.66. The molecule has 29 heavy (non-hydrogen) atoms. The number of hydrogen-bond donors (Lipinski definition) is 0. The molecular formula is C19H25N3O6S. The summed E-state index contributed by atoms with van der Waals surface area (Å²) in [6.07, 6.45) is 1.23. The molecule has 0 aliphatic carbocycles. The molecule has 9 nitrogen and oxygen atoms in total. The molecule has 0 atom stereocenters. The highest BCUT2D eigenvalue weighted by Gasteiger charge is 2.34. The summed E-state index contributed by atoms with van der Waals surface area (Å²) in [5, 5.41) is 3.92. The summed E-state index contributed by atoms with van der Waals surface area (Å²) in [5.74, 6) is 0.815. The van der Waals surface area contributed by atoms with Crippen LogP contribution in [0.2, 0.25) is 0 Å². The highest BCUT2D eigenvalue weighted by atomic mass is 32.2. The number of ether oxygens (including phenoxy) is 2. The number of hydrogen-bond acceptors (Lipinski definition) is 8. The van der Waals surface area contributed by atoms with E-state index in [0.29, 0.717) is 43.4 Å². The van der Waals surface area contributed by atoms with Crippen molar-refractivity contribution in [1.82, 2.24) is 15.0 Å². The van der Waals surface area contributed by atoms with E-state index in [2.05, 4.69) is 10.1 Å². The van der Waals surface area contributed by atoms with Crippen LogP contribution in [0.15, 0.2) is 33.7 Å². The van der Waals surface area contributed by atoms with Gasteiger partial charge in [0.15, 0.2) is 9.84 Å². The molecule has 158 valence electrons. The molecule has 1 aliphatic heterocycles. The van der Waals surface area contributed by atoms with E-state index in [9.17, 15) is 13.2 Å². The maximum atomic E-state index is 11.9. The van der Waals surface area contributed by atoms with Crippen LogP contribution in [-0.2, 0) is 25.7 Å². The highest BCUT2D eigenvalue weighted by molar-refractivity contribution is 7.90. The zero-order valence-electron chi connectivity index (χ0n) is 16.9. The fourth-order valence-corrected chi connectivity index (χ4v) is 3.29. The predicted octanol–water partition coefficient (Wildman–Crippen LogP) is 2.32. The van der Waals surface area contributed by atoms with Crippen molar-refractivity contribution in [1.29, 1.82) is 0 Å². The SMILES string of the molecule is CC(C)(C)OC(=O)N1CC(OCCc2nc(-c3ccc(S(C)(=O)=O)cc3)no2)C1. The van der Waals surface area contributed by atoms with E-state index < -0.39 is 15.4 Å². The standard InChI is InChI=1S/C19H25N3O6S/c1-19(2,3)27-18(23)22-11-14(12-22)26-10-9-16-20-17(21-28-16)13-5-7-15(8-6-13)29(4,24)25/h5-8,14H,9-12H2,1-4H3. The van der Waals surface area contributed by atoms with Gasteiger partial charge in [0.05, 0.1) is 37.1 Å². The van der Waals surface area contributed by atoms with Crippen LogP contribution in [0.25, 0.3) is 11.4 Å². The third-order valence-corrected chi connectivity index (χ3v) is 5.31. The number of sulfone groups is 1. The second-order valence-corrected chi connectivity index (χ2v) is 9.95. The molecule has 0 bridgehead atoms. The summed E-state index contributed by atoms with van der Waals surface area (Å²) in [4.78, 5) is 18.0. The Morgan fingerprint density at radius 3 is 2.48 bits per heavy atom. The molecule has 10 heteroatoms. The molecule has 1 saturated heterocycles. The Morgan fingerprint density at radius 1 is 1.24 bits per heavy atom. The zero-order valence-corrected chi connectivity index (χ0v) is 17.7. The maximum Gasteiger partial charge on any atom is 0.410 e. The van der Waals surface area contributed by atoms with Crippen molar-refractivity contribution in [2.75, 3.05) is 26.0 Å². The van der Waals surface area contributed by atoms with Gasteiger partial charge in [-0.1, -0.05) is 5.16 Å². The Labute approximate surface area is 169 Å². The number of amides is 1. The summed E-state index contributed by atoms with van der Waals surface area (Å²) < 4.78 is 39.3. The van der Waals surface area contributed by atoms with Gasteiger partial charge in [0, 0.05) is 11.8 Å². The highest BCUT2D eigenvalue weighted by Crippen LogP contribution is 2.20. The van der Waals surface area contributed by atoms with Gasteiger partial charge in [-0.05, 0) is 45.0 Å². The van der Waals surface area contributed by atoms with Gasteiger partial charge >= 0.3 is 6.09 Å². The van der Waals surface area contributed by atoms with Crippen LogP contribution in [0.3, 0.4) is 0 Å². The second kappa shape index (κ2) is 8.11. The summed E-state index contributed by atoms with van der Waals surface area (Å²) >= 11 is 0. The second-order valence-electron chi connectivity index (χ2n) is 7.94. The van der Waals surface area contributed by atoms with Crippen LogP contribution in [0.1, 0.15) is 26.7 Å². The van der Waals surface area contributed by atoms with E-state index in [4.69, 9.17) is 14.0 Å². The first-order valence-electron chi connectivity index (χ1n) is 9.24. The molecule has 1 aliphatic rings. The van der Waals surface area contributed by atoms with Crippen LogP contribution in [0.5, 0.6) is 0 Å². The number of aromatic nitrogens is 2. The van der Waals surface area contributed by atoms with Crippen molar-refractivity contribution >= 4 is 15.9 Å². The molecular weight excluding hydrogens is 398 g/mol. The first-order valence-corrected chi connectivity index (χ1v) is 11.1. The lowest BCUT2D eigenvalue weighted by atomic mass is 10.1. The monoisotopic (exact) mass is 423 g/mol. The summed E-state index contributed by atoms with van der Waals surface area (Å²) in [5.41, 5.74) is 0.157. The lowest BCUT2D eigenvalue weighted by Crippen LogP contribution is -2.56. The quantitative estimate of drug-likeness (QED) is 0.696. The number of carbonyl (C=O) groups is 1. The van der Waals surface area contributed by atoms with Crippen LogP contribution < -0.4 is 0 Å². The van der Waals surface area contributed by atoms with Crippen LogP contribution >= 0.6 is 0 Å². The molecule has 1 aromatic heterocycles. The van der Waals surface area contributed by atoms with E-state index in [1.165, 1.54) is 12.1 Å². The maximum absolute atomic E-state index is 11.9. The Kier molecular flexibility index (Phi) is 5.95. The van der Waals surface area contributed by atoms with Crippen molar-refractivity contribution in [3.8, 4) is 11.4 Å². The largest absolute Gasteiger partial charge is 0.444 e. The number of carbonyl (C=O) groups excluding carboxylic acids is 1. The van der Waals surface area contributed by atoms with E-state index in [1.807, 2.05) is 20.8 Å². The van der Waals surface area contributed by atoms with Gasteiger partial charge in [0.1, 0.15) is 5.60 Å². The van der Waals surface area contributed by atoms with Crippen LogP contribution in [0, 0.1) is 0 Å². The minimum Gasteiger partial charge on any atom is -0.444 e.